The third-order valence-corrected chi connectivity index (χ3v) is 6.26. The van der Waals surface area contributed by atoms with Crippen LogP contribution >= 0.6 is 31.9 Å². The number of fused-ring (bicyclic) bond motifs is 2. The molecule has 112 valence electrons. The van der Waals surface area contributed by atoms with Crippen LogP contribution in [0.2, 0.25) is 0 Å². The molecule has 0 spiro atoms. The second-order valence-electron chi connectivity index (χ2n) is 6.02. The lowest BCUT2D eigenvalue weighted by atomic mass is 9.90. The van der Waals surface area contributed by atoms with Crippen molar-refractivity contribution in [3.63, 3.8) is 0 Å². The zero-order valence-corrected chi connectivity index (χ0v) is 15.0. The van der Waals surface area contributed by atoms with E-state index >= 15 is 0 Å². The van der Waals surface area contributed by atoms with E-state index in [1.807, 2.05) is 35.2 Å². The standard InChI is InChI=1S/C18H15Br2NO/c19-14-6-2-1-5-12(14)13-9-11-10-17(13)21(18(11)22)16-8-4-3-7-15(16)20/h1-8,11,13,17H,9-10H2/t11-,13+,17-/m0/s1. The molecule has 0 unspecified atom stereocenters. The van der Waals surface area contributed by atoms with Gasteiger partial charge in [0.2, 0.25) is 5.91 Å². The van der Waals surface area contributed by atoms with Gasteiger partial charge in [-0.3, -0.25) is 4.79 Å². The zero-order valence-electron chi connectivity index (χ0n) is 11.9. The van der Waals surface area contributed by atoms with Crippen LogP contribution in [0.4, 0.5) is 5.69 Å². The molecule has 2 fully saturated rings. The smallest absolute Gasteiger partial charge is 0.230 e. The molecular weight excluding hydrogens is 406 g/mol. The van der Waals surface area contributed by atoms with Gasteiger partial charge >= 0.3 is 0 Å². The summed E-state index contributed by atoms with van der Waals surface area (Å²) >= 11 is 7.26. The van der Waals surface area contributed by atoms with Gasteiger partial charge in [0.25, 0.3) is 0 Å². The van der Waals surface area contributed by atoms with Crippen LogP contribution in [-0.4, -0.2) is 11.9 Å². The Morgan fingerprint density at radius 3 is 2.27 bits per heavy atom. The van der Waals surface area contributed by atoms with E-state index in [1.54, 1.807) is 0 Å². The minimum atomic E-state index is 0.161. The molecule has 2 aromatic rings. The summed E-state index contributed by atoms with van der Waals surface area (Å²) in [6.07, 6.45) is 1.93. The van der Waals surface area contributed by atoms with Gasteiger partial charge in [-0.15, -0.1) is 0 Å². The SMILES string of the molecule is O=C1[C@H]2C[C@H](c3ccccc3Br)[C@H](C2)N1c1ccccc1Br. The first-order chi connectivity index (χ1) is 10.7. The summed E-state index contributed by atoms with van der Waals surface area (Å²) in [5.74, 6) is 0.847. The summed E-state index contributed by atoms with van der Waals surface area (Å²) in [5, 5.41) is 0. The number of para-hydroxylation sites is 1. The van der Waals surface area contributed by atoms with Gasteiger partial charge in [-0.05, 0) is 52.5 Å². The summed E-state index contributed by atoms with van der Waals surface area (Å²) in [4.78, 5) is 14.7. The van der Waals surface area contributed by atoms with E-state index < -0.39 is 0 Å². The highest BCUT2D eigenvalue weighted by molar-refractivity contribution is 9.10. The van der Waals surface area contributed by atoms with Crippen LogP contribution in [0.1, 0.15) is 24.3 Å². The van der Waals surface area contributed by atoms with Crippen molar-refractivity contribution in [2.45, 2.75) is 24.8 Å². The molecule has 1 aliphatic carbocycles. The van der Waals surface area contributed by atoms with Crippen molar-refractivity contribution in [2.24, 2.45) is 5.92 Å². The number of piperidine rings is 1. The largest absolute Gasteiger partial charge is 0.307 e. The number of hydrogen-bond acceptors (Lipinski definition) is 1. The molecule has 22 heavy (non-hydrogen) atoms. The Balaban J connectivity index is 1.75. The van der Waals surface area contributed by atoms with Gasteiger partial charge in [-0.2, -0.15) is 0 Å². The lowest BCUT2D eigenvalue weighted by Gasteiger charge is -2.34. The van der Waals surface area contributed by atoms with Crippen LogP contribution in [0.25, 0.3) is 0 Å². The second-order valence-corrected chi connectivity index (χ2v) is 7.73. The van der Waals surface area contributed by atoms with Crippen LogP contribution in [-0.2, 0) is 4.79 Å². The van der Waals surface area contributed by atoms with Crippen molar-refractivity contribution in [1.29, 1.82) is 0 Å². The van der Waals surface area contributed by atoms with Gasteiger partial charge in [0, 0.05) is 26.8 Å². The molecule has 1 aliphatic heterocycles. The number of halogens is 2. The Labute approximate surface area is 146 Å². The van der Waals surface area contributed by atoms with Crippen molar-refractivity contribution in [3.05, 3.63) is 63.0 Å². The van der Waals surface area contributed by atoms with Crippen molar-refractivity contribution in [2.75, 3.05) is 4.90 Å². The highest BCUT2D eigenvalue weighted by atomic mass is 79.9. The van der Waals surface area contributed by atoms with E-state index in [9.17, 15) is 4.79 Å². The molecule has 2 bridgehead atoms. The number of carbonyl (C=O) groups excluding carboxylic acids is 1. The Bertz CT molecular complexity index is 745. The quantitative estimate of drug-likeness (QED) is 0.660. The number of rotatable bonds is 2. The van der Waals surface area contributed by atoms with E-state index in [-0.39, 0.29) is 17.9 Å². The minimum absolute atomic E-state index is 0.161. The summed E-state index contributed by atoms with van der Waals surface area (Å²) in [5.41, 5.74) is 2.32. The number of hydrogen-bond donors (Lipinski definition) is 0. The highest BCUT2D eigenvalue weighted by Crippen LogP contribution is 2.51. The average molecular weight is 421 g/mol. The topological polar surface area (TPSA) is 20.3 Å². The van der Waals surface area contributed by atoms with Gasteiger partial charge in [0.15, 0.2) is 0 Å². The molecule has 0 N–H and O–H groups in total. The molecule has 4 rings (SSSR count). The minimum Gasteiger partial charge on any atom is -0.307 e. The highest BCUT2D eigenvalue weighted by Gasteiger charge is 2.52. The molecule has 1 saturated carbocycles. The third kappa shape index (κ3) is 2.16. The normalized spacial score (nSPS) is 26.7. The molecule has 1 amide bonds. The molecule has 3 atom stereocenters. The maximum absolute atomic E-state index is 12.7. The van der Waals surface area contributed by atoms with Crippen LogP contribution in [0, 0.1) is 5.92 Å². The zero-order chi connectivity index (χ0) is 15.3. The van der Waals surface area contributed by atoms with Gasteiger partial charge < -0.3 is 4.90 Å². The molecule has 1 saturated heterocycles. The lowest BCUT2D eigenvalue weighted by molar-refractivity contribution is -0.121. The predicted molar refractivity (Wildman–Crippen MR) is 95.0 cm³/mol. The Hall–Kier alpha value is -1.13. The van der Waals surface area contributed by atoms with Crippen LogP contribution in [0.15, 0.2) is 57.5 Å². The summed E-state index contributed by atoms with van der Waals surface area (Å²) in [6.45, 7) is 0. The van der Waals surface area contributed by atoms with Gasteiger partial charge in [0.1, 0.15) is 0 Å². The van der Waals surface area contributed by atoms with Gasteiger partial charge in [-0.1, -0.05) is 46.3 Å². The first-order valence-corrected chi connectivity index (χ1v) is 9.07. The summed E-state index contributed by atoms with van der Waals surface area (Å²) in [7, 11) is 0. The fraction of sp³-hybridized carbons (Fsp3) is 0.278. The Morgan fingerprint density at radius 1 is 0.909 bits per heavy atom. The van der Waals surface area contributed by atoms with Crippen LogP contribution < -0.4 is 4.90 Å². The number of amides is 1. The van der Waals surface area contributed by atoms with Crippen molar-refractivity contribution < 1.29 is 4.79 Å². The van der Waals surface area contributed by atoms with Crippen LogP contribution in [0.3, 0.4) is 0 Å². The maximum atomic E-state index is 12.7. The Kier molecular flexibility index (Phi) is 3.61. The van der Waals surface area contributed by atoms with E-state index in [0.29, 0.717) is 5.92 Å². The molecule has 0 aromatic heterocycles. The fourth-order valence-electron chi connectivity index (χ4n) is 3.92. The monoisotopic (exact) mass is 419 g/mol. The molecule has 2 aromatic carbocycles. The molecule has 0 radical (unpaired) electrons. The molecule has 2 aliphatic rings. The molecular formula is C18H15Br2NO. The van der Waals surface area contributed by atoms with Crippen molar-refractivity contribution in [3.8, 4) is 0 Å². The fourth-order valence-corrected chi connectivity index (χ4v) is 4.97. The first-order valence-electron chi connectivity index (χ1n) is 7.49. The average Bonchev–Trinajstić information content (AvgIpc) is 3.07. The maximum Gasteiger partial charge on any atom is 0.230 e. The van der Waals surface area contributed by atoms with E-state index in [1.165, 1.54) is 5.56 Å². The van der Waals surface area contributed by atoms with Crippen LogP contribution in [0.5, 0.6) is 0 Å². The van der Waals surface area contributed by atoms with E-state index in [0.717, 1.165) is 27.5 Å². The van der Waals surface area contributed by atoms with E-state index in [4.69, 9.17) is 0 Å². The predicted octanol–water partition coefficient (Wildman–Crippen LogP) is 5.12. The lowest BCUT2D eigenvalue weighted by Crippen LogP contribution is -2.41. The Morgan fingerprint density at radius 2 is 1.59 bits per heavy atom. The van der Waals surface area contributed by atoms with Crippen molar-refractivity contribution >= 4 is 43.5 Å². The number of carbonyl (C=O) groups is 1. The summed E-state index contributed by atoms with van der Waals surface area (Å²) < 4.78 is 2.13. The molecule has 1 heterocycles. The number of anilines is 1. The summed E-state index contributed by atoms with van der Waals surface area (Å²) in [6, 6.07) is 16.7. The van der Waals surface area contributed by atoms with Crippen molar-refractivity contribution in [1.82, 2.24) is 0 Å². The van der Waals surface area contributed by atoms with E-state index in [2.05, 4.69) is 50.1 Å². The van der Waals surface area contributed by atoms with Gasteiger partial charge in [0.05, 0.1) is 5.69 Å². The number of nitrogens with zero attached hydrogens (tertiary/aromatic N) is 1. The number of benzene rings is 2. The molecule has 4 heteroatoms. The first kappa shape index (κ1) is 14.5. The molecule has 2 nitrogen and oxygen atoms in total. The second kappa shape index (κ2) is 5.50. The third-order valence-electron chi connectivity index (χ3n) is 4.86. The van der Waals surface area contributed by atoms with Gasteiger partial charge in [-0.25, -0.2) is 0 Å².